The molecule has 1 saturated heterocycles. The lowest BCUT2D eigenvalue weighted by molar-refractivity contribution is -0.150. The number of oxime groups is 1. The average Bonchev–Trinajstić information content (AvgIpc) is 3.55. The Bertz CT molecular complexity index is 1390. The van der Waals surface area contributed by atoms with Gasteiger partial charge in [0.2, 0.25) is 23.3 Å². The van der Waals surface area contributed by atoms with E-state index in [1.165, 1.54) is 23.5 Å². The normalized spacial score (nSPS) is 18.8. The first-order valence-corrected chi connectivity index (χ1v) is 14.6. The van der Waals surface area contributed by atoms with Crippen molar-refractivity contribution in [3.05, 3.63) is 17.1 Å². The van der Waals surface area contributed by atoms with E-state index in [4.69, 9.17) is 10.8 Å². The maximum atomic E-state index is 13.1. The summed E-state index contributed by atoms with van der Waals surface area (Å²) in [4.78, 5) is 60.8. The van der Waals surface area contributed by atoms with Crippen molar-refractivity contribution < 1.29 is 34.2 Å². The molecule has 0 aliphatic carbocycles. The number of β-lactam (4-membered cyclic amide) rings is 1. The number of tetrazole rings is 1. The number of anilines is 1. The molecule has 21 heteroatoms. The van der Waals surface area contributed by atoms with Gasteiger partial charge < -0.3 is 31.0 Å². The van der Waals surface area contributed by atoms with Gasteiger partial charge in [-0.3, -0.25) is 14.5 Å². The van der Waals surface area contributed by atoms with E-state index in [0.717, 1.165) is 29.4 Å². The van der Waals surface area contributed by atoms with Crippen LogP contribution in [0.2, 0.25) is 0 Å². The molecule has 0 aromatic carbocycles. The van der Waals surface area contributed by atoms with Crippen LogP contribution in [0.15, 0.2) is 21.6 Å². The third kappa shape index (κ3) is 7.10. The van der Waals surface area contributed by atoms with E-state index in [0.29, 0.717) is 17.3 Å². The van der Waals surface area contributed by atoms with Gasteiger partial charge in [-0.05, 0) is 43.1 Å². The van der Waals surface area contributed by atoms with Gasteiger partial charge in [0.15, 0.2) is 5.13 Å². The molecule has 2 aromatic heterocycles. The number of carboxylic acids is 2. The quantitative estimate of drug-likeness (QED) is 0.0797. The van der Waals surface area contributed by atoms with Crippen LogP contribution in [0, 0.1) is 0 Å². The van der Waals surface area contributed by atoms with Crippen molar-refractivity contribution in [3.63, 3.8) is 0 Å². The second-order valence-electron chi connectivity index (χ2n) is 8.81. The minimum absolute atomic E-state index is 0.0247. The number of nitrogens with two attached hydrogens (primary N) is 1. The summed E-state index contributed by atoms with van der Waals surface area (Å²) in [6, 6.07) is -1.08. The van der Waals surface area contributed by atoms with Crippen LogP contribution in [0.3, 0.4) is 0 Å². The largest absolute Gasteiger partial charge is 0.479 e. The Balaban J connectivity index is 1.44. The molecule has 0 bridgehead atoms. The van der Waals surface area contributed by atoms with Crippen LogP contribution >= 0.6 is 35.1 Å². The van der Waals surface area contributed by atoms with Gasteiger partial charge in [-0.2, -0.15) is 9.36 Å². The molecule has 0 radical (unpaired) electrons. The fourth-order valence-electron chi connectivity index (χ4n) is 3.80. The summed E-state index contributed by atoms with van der Waals surface area (Å²) < 4.78 is 5.54. The topological polar surface area (TPSA) is 244 Å². The maximum absolute atomic E-state index is 13.1. The number of hydrogen-bond acceptors (Lipinski definition) is 16. The minimum Gasteiger partial charge on any atom is -0.479 e. The van der Waals surface area contributed by atoms with Crippen molar-refractivity contribution in [3.8, 4) is 0 Å². The molecule has 4 heterocycles. The van der Waals surface area contributed by atoms with Crippen LogP contribution in [-0.2, 0) is 30.6 Å². The number of carbonyl (C=O) groups is 4. The van der Waals surface area contributed by atoms with Crippen molar-refractivity contribution in [1.82, 2.24) is 44.7 Å². The van der Waals surface area contributed by atoms with Crippen molar-refractivity contribution in [2.75, 3.05) is 44.5 Å². The number of aliphatic carboxylic acids is 2. The Morgan fingerprint density at radius 1 is 1.32 bits per heavy atom. The van der Waals surface area contributed by atoms with Crippen molar-refractivity contribution in [2.45, 2.75) is 29.5 Å². The molecule has 2 amide bonds. The second kappa shape index (κ2) is 13.2. The zero-order valence-corrected chi connectivity index (χ0v) is 24.1. The lowest BCUT2D eigenvalue weighted by atomic mass is 10.0. The third-order valence-corrected chi connectivity index (χ3v) is 8.52. The first-order valence-electron chi connectivity index (χ1n) is 11.8. The molecule has 5 N–H and O–H groups in total. The van der Waals surface area contributed by atoms with E-state index in [-0.39, 0.29) is 28.2 Å². The minimum atomic E-state index is -1.33. The highest BCUT2D eigenvalue weighted by atomic mass is 32.2. The van der Waals surface area contributed by atoms with Crippen LogP contribution in [-0.4, -0.2) is 129 Å². The maximum Gasteiger partial charge on any atom is 0.352 e. The molecular formula is C20H25N11O7S3. The third-order valence-electron chi connectivity index (χ3n) is 5.60. The molecule has 41 heavy (non-hydrogen) atoms. The molecule has 1 unspecified atom stereocenters. The number of hydrogen-bond donors (Lipinski definition) is 4. The molecule has 18 nitrogen and oxygen atoms in total. The van der Waals surface area contributed by atoms with Gasteiger partial charge in [0.1, 0.15) is 17.1 Å². The fraction of sp³-hybridized carbons (Fsp3) is 0.500. The number of amides is 2. The number of nitrogen functional groups attached to an aromatic ring is 1. The van der Waals surface area contributed by atoms with Gasteiger partial charge in [-0.1, -0.05) is 16.9 Å². The molecule has 0 saturated carbocycles. The first kappa shape index (κ1) is 30.1. The van der Waals surface area contributed by atoms with Crippen molar-refractivity contribution >= 4 is 69.7 Å². The Kier molecular flexibility index (Phi) is 9.73. The number of nitrogens with one attached hydrogen (secondary N) is 1. The van der Waals surface area contributed by atoms with E-state index in [1.54, 1.807) is 4.68 Å². The second-order valence-corrected chi connectivity index (χ2v) is 11.6. The van der Waals surface area contributed by atoms with Crippen LogP contribution < -0.4 is 11.1 Å². The van der Waals surface area contributed by atoms with Gasteiger partial charge >= 0.3 is 11.9 Å². The number of thioether (sulfide) groups is 2. The highest BCUT2D eigenvalue weighted by molar-refractivity contribution is 8.01. The Labute approximate surface area is 244 Å². The zero-order chi connectivity index (χ0) is 29.7. The number of rotatable bonds is 14. The number of aryl methyl sites for hydroxylation is 1. The molecule has 4 rings (SSSR count). The number of aromatic nitrogens is 6. The lowest BCUT2D eigenvalue weighted by Crippen LogP contribution is -2.71. The zero-order valence-electron chi connectivity index (χ0n) is 21.7. The summed E-state index contributed by atoms with van der Waals surface area (Å²) in [5, 5.41) is 36.3. The van der Waals surface area contributed by atoms with Crippen LogP contribution in [0.1, 0.15) is 12.2 Å². The summed E-state index contributed by atoms with van der Waals surface area (Å²) in [7, 11) is 3.93. The Morgan fingerprint density at radius 2 is 2.10 bits per heavy atom. The Morgan fingerprint density at radius 3 is 2.76 bits per heavy atom. The predicted molar refractivity (Wildman–Crippen MR) is 146 cm³/mol. The molecule has 1 fully saturated rings. The highest BCUT2D eigenvalue weighted by Gasteiger charge is 2.54. The van der Waals surface area contributed by atoms with Gasteiger partial charge in [0, 0.05) is 29.6 Å². The summed E-state index contributed by atoms with van der Waals surface area (Å²) >= 11 is 3.33. The van der Waals surface area contributed by atoms with Crippen molar-refractivity contribution in [2.24, 2.45) is 5.16 Å². The van der Waals surface area contributed by atoms with Gasteiger partial charge in [0.05, 0.1) is 0 Å². The van der Waals surface area contributed by atoms with E-state index in [1.807, 2.05) is 19.0 Å². The monoisotopic (exact) mass is 627 g/mol. The van der Waals surface area contributed by atoms with Crippen LogP contribution in [0.4, 0.5) is 5.13 Å². The van der Waals surface area contributed by atoms with E-state index in [2.05, 4.69) is 40.2 Å². The summed E-state index contributed by atoms with van der Waals surface area (Å²) in [5.41, 5.74) is 5.45. The van der Waals surface area contributed by atoms with Gasteiger partial charge in [-0.15, -0.1) is 16.9 Å². The van der Waals surface area contributed by atoms with Crippen LogP contribution in [0.25, 0.3) is 0 Å². The molecule has 2 aromatic rings. The number of fused-ring (bicyclic) bond motifs is 1. The number of carbonyl (C=O) groups excluding carboxylic acids is 2. The predicted octanol–water partition coefficient (Wildman–Crippen LogP) is -1.61. The first-order chi connectivity index (χ1) is 19.6. The summed E-state index contributed by atoms with van der Waals surface area (Å²) in [6.07, 6.45) is 0.825. The smallest absolute Gasteiger partial charge is 0.352 e. The summed E-state index contributed by atoms with van der Waals surface area (Å²) in [5.74, 6) is -3.86. The average molecular weight is 628 g/mol. The molecule has 2 aliphatic rings. The van der Waals surface area contributed by atoms with Gasteiger partial charge in [-0.25, -0.2) is 14.3 Å². The fourth-order valence-corrected chi connectivity index (χ4v) is 6.62. The van der Waals surface area contributed by atoms with E-state index < -0.39 is 47.5 Å². The SMILES string of the molecule is CN(C)CCCn1nnnc1SCC1=C(C(=O)O)N2C(=O)C(NC(=O)C(=NOCC(=O)O)c3nsc(N)n3)[C@@H]2SC1. The number of carboxylic acid groups (broad SMARTS) is 2. The lowest BCUT2D eigenvalue weighted by Gasteiger charge is -2.49. The molecular weight excluding hydrogens is 602 g/mol. The summed E-state index contributed by atoms with van der Waals surface area (Å²) in [6.45, 7) is 0.611. The van der Waals surface area contributed by atoms with E-state index in [9.17, 15) is 24.3 Å². The Hall–Kier alpha value is -3.82. The van der Waals surface area contributed by atoms with Crippen LogP contribution in [0.5, 0.6) is 0 Å². The molecule has 2 atom stereocenters. The number of nitrogens with zero attached hydrogens (tertiary/aromatic N) is 9. The molecule has 0 spiro atoms. The van der Waals surface area contributed by atoms with Crippen molar-refractivity contribution in [1.29, 1.82) is 0 Å². The molecule has 220 valence electrons. The van der Waals surface area contributed by atoms with E-state index >= 15 is 0 Å². The highest BCUT2D eigenvalue weighted by Crippen LogP contribution is 2.41. The van der Waals surface area contributed by atoms with Gasteiger partial charge in [0.25, 0.3) is 11.8 Å². The standard InChI is InChI=1S/C20H25N11O7S3/c1-29(2)4-3-5-30-20(24-27-28-30)40-8-9-7-39-17-12(16(35)31(17)13(9)18(36)37)22-15(34)11(25-38-6-10(32)33)14-23-19(21)41-26-14/h12,17H,3-8H2,1-2H3,(H,22,34)(H,32,33)(H,36,37)(H2,21,23,26)/t12?,17-/m0/s1. The molecule has 2 aliphatic heterocycles.